The van der Waals surface area contributed by atoms with Crippen molar-refractivity contribution < 1.29 is 8.42 Å². The van der Waals surface area contributed by atoms with Crippen molar-refractivity contribution in [3.8, 4) is 0 Å². The molecule has 0 amide bonds. The first kappa shape index (κ1) is 24.9. The second kappa shape index (κ2) is 10.8. The molecule has 39 heavy (non-hydrogen) atoms. The van der Waals surface area contributed by atoms with E-state index in [1.807, 2.05) is 72.8 Å². The van der Waals surface area contributed by atoms with E-state index >= 15 is 0 Å². The van der Waals surface area contributed by atoms with Gasteiger partial charge in [-0.15, -0.1) is 0 Å². The molecule has 0 radical (unpaired) electrons. The predicted molar refractivity (Wildman–Crippen MR) is 160 cm³/mol. The summed E-state index contributed by atoms with van der Waals surface area (Å²) in [5.74, 6) is -0.118. The molecule has 7 heteroatoms. The van der Waals surface area contributed by atoms with E-state index in [1.165, 1.54) is 5.56 Å². The molecule has 0 saturated carbocycles. The van der Waals surface area contributed by atoms with Gasteiger partial charge in [-0.3, -0.25) is 5.10 Å². The third-order valence-corrected chi connectivity index (χ3v) is 8.73. The number of nitrogens with one attached hydrogen (secondary N) is 1. The summed E-state index contributed by atoms with van der Waals surface area (Å²) in [6, 6.07) is 30.3. The van der Waals surface area contributed by atoms with Gasteiger partial charge in [0.2, 0.25) is 9.84 Å². The Labute approximate surface area is 228 Å². The van der Waals surface area contributed by atoms with Crippen molar-refractivity contribution in [3.05, 3.63) is 114 Å². The van der Waals surface area contributed by atoms with Gasteiger partial charge in [-0.1, -0.05) is 84.9 Å². The van der Waals surface area contributed by atoms with Crippen molar-refractivity contribution in [1.82, 2.24) is 15.1 Å². The quantitative estimate of drug-likeness (QED) is 0.278. The molecule has 1 aromatic heterocycles. The van der Waals surface area contributed by atoms with E-state index in [-0.39, 0.29) is 10.8 Å². The fourth-order valence-corrected chi connectivity index (χ4v) is 6.27. The topological polar surface area (TPSA) is 69.3 Å². The number of aromatic amines is 1. The molecule has 6 nitrogen and oxygen atoms in total. The first-order valence-electron chi connectivity index (χ1n) is 13.1. The number of piperazine rings is 1. The molecule has 196 valence electrons. The lowest BCUT2D eigenvalue weighted by Crippen LogP contribution is -2.44. The van der Waals surface area contributed by atoms with Crippen LogP contribution in [0.2, 0.25) is 0 Å². The van der Waals surface area contributed by atoms with Gasteiger partial charge in [0.25, 0.3) is 0 Å². The van der Waals surface area contributed by atoms with E-state index in [2.05, 4.69) is 56.5 Å². The smallest absolute Gasteiger partial charge is 0.201 e. The molecule has 0 aliphatic carbocycles. The zero-order valence-corrected chi connectivity index (χ0v) is 22.4. The highest BCUT2D eigenvalue weighted by Crippen LogP contribution is 2.28. The summed E-state index contributed by atoms with van der Waals surface area (Å²) in [5, 5.41) is 10.1. The summed E-state index contributed by atoms with van der Waals surface area (Å²) in [4.78, 5) is 4.62. The molecule has 4 aromatic carbocycles. The first-order chi connectivity index (χ1) is 19.1. The average Bonchev–Trinajstić information content (AvgIpc) is 3.41. The summed E-state index contributed by atoms with van der Waals surface area (Å²) < 4.78 is 26.6. The van der Waals surface area contributed by atoms with Crippen molar-refractivity contribution in [2.45, 2.75) is 5.03 Å². The molecule has 1 fully saturated rings. The standard InChI is InChI=1S/C32H30N4O2S/c37-39(38,23-7-13-27-12-6-11-26-10-4-5-14-29(26)27)32-30-24-28(15-16-31(30)33-34-32)36-21-19-35(20-22-36)18-17-25-8-2-1-3-9-25/h1-18,24H,19-23H2,(H,33,34). The number of hydrogen-bond donors (Lipinski definition) is 1. The maximum Gasteiger partial charge on any atom is 0.201 e. The van der Waals surface area contributed by atoms with Crippen LogP contribution in [0, 0.1) is 0 Å². The van der Waals surface area contributed by atoms with Crippen LogP contribution in [0.4, 0.5) is 5.69 Å². The largest absolute Gasteiger partial charge is 0.374 e. The zero-order chi connectivity index (χ0) is 26.7. The van der Waals surface area contributed by atoms with Gasteiger partial charge in [0.05, 0.1) is 11.3 Å². The molecule has 5 aromatic rings. The highest BCUT2D eigenvalue weighted by molar-refractivity contribution is 7.91. The number of fused-ring (bicyclic) bond motifs is 2. The van der Waals surface area contributed by atoms with Crippen molar-refractivity contribution in [2.24, 2.45) is 0 Å². The third kappa shape index (κ3) is 5.45. The van der Waals surface area contributed by atoms with E-state index in [4.69, 9.17) is 0 Å². The SMILES string of the molecule is O=S(=O)(CC=Cc1cccc2ccccc12)c1n[nH]c2ccc(N3CCN(C=Cc4ccccc4)CC3)cc12. The van der Waals surface area contributed by atoms with Crippen LogP contribution in [-0.2, 0) is 9.84 Å². The summed E-state index contributed by atoms with van der Waals surface area (Å²) >= 11 is 0. The van der Waals surface area contributed by atoms with Crippen molar-refractivity contribution in [3.63, 3.8) is 0 Å². The Morgan fingerprint density at radius 3 is 2.41 bits per heavy atom. The van der Waals surface area contributed by atoms with Gasteiger partial charge in [0.15, 0.2) is 5.03 Å². The fourth-order valence-electron chi connectivity index (χ4n) is 5.07. The summed E-state index contributed by atoms with van der Waals surface area (Å²) in [6.07, 6.45) is 7.89. The van der Waals surface area contributed by atoms with Gasteiger partial charge >= 0.3 is 0 Å². The van der Waals surface area contributed by atoms with Crippen LogP contribution in [0.25, 0.3) is 33.8 Å². The Bertz CT molecular complexity index is 1760. The maximum absolute atomic E-state index is 13.3. The van der Waals surface area contributed by atoms with Gasteiger partial charge in [0.1, 0.15) is 0 Å². The van der Waals surface area contributed by atoms with Crippen LogP contribution in [0.1, 0.15) is 11.1 Å². The maximum atomic E-state index is 13.3. The van der Waals surface area contributed by atoms with Crippen LogP contribution in [0.5, 0.6) is 0 Å². The minimum Gasteiger partial charge on any atom is -0.374 e. The predicted octanol–water partition coefficient (Wildman–Crippen LogP) is 6.00. The molecule has 1 aliphatic rings. The van der Waals surface area contributed by atoms with Crippen LogP contribution in [0.3, 0.4) is 0 Å². The molecule has 6 rings (SSSR count). The Kier molecular flexibility index (Phi) is 6.90. The Morgan fingerprint density at radius 1 is 0.795 bits per heavy atom. The Hall–Kier alpha value is -4.36. The molecule has 0 bridgehead atoms. The number of aromatic nitrogens is 2. The molecule has 0 unspecified atom stereocenters. The lowest BCUT2D eigenvalue weighted by Gasteiger charge is -2.35. The second-order valence-electron chi connectivity index (χ2n) is 9.76. The number of rotatable bonds is 7. The minimum atomic E-state index is -3.62. The van der Waals surface area contributed by atoms with Crippen molar-refractivity contribution in [2.75, 3.05) is 36.8 Å². The molecule has 1 aliphatic heterocycles. The Balaban J connectivity index is 1.16. The van der Waals surface area contributed by atoms with E-state index in [1.54, 1.807) is 6.08 Å². The molecule has 1 N–H and O–H groups in total. The average molecular weight is 535 g/mol. The van der Waals surface area contributed by atoms with Crippen molar-refractivity contribution >= 4 is 49.4 Å². The summed E-state index contributed by atoms with van der Waals surface area (Å²) in [6.45, 7) is 3.52. The molecule has 2 heterocycles. The first-order valence-corrected chi connectivity index (χ1v) is 14.8. The highest BCUT2D eigenvalue weighted by Gasteiger charge is 2.22. The molecule has 0 atom stereocenters. The van der Waals surface area contributed by atoms with E-state index in [0.717, 1.165) is 53.7 Å². The van der Waals surface area contributed by atoms with Crippen molar-refractivity contribution in [1.29, 1.82) is 0 Å². The number of hydrogen-bond acceptors (Lipinski definition) is 5. The molecule has 1 saturated heterocycles. The Morgan fingerprint density at radius 2 is 1.56 bits per heavy atom. The van der Waals surface area contributed by atoms with Gasteiger partial charge in [-0.25, -0.2) is 8.42 Å². The number of benzene rings is 4. The monoisotopic (exact) mass is 534 g/mol. The fraction of sp³-hybridized carbons (Fsp3) is 0.156. The highest BCUT2D eigenvalue weighted by atomic mass is 32.2. The van der Waals surface area contributed by atoms with E-state index < -0.39 is 9.84 Å². The van der Waals surface area contributed by atoms with Crippen LogP contribution in [-0.4, -0.2) is 55.4 Å². The summed E-state index contributed by atoms with van der Waals surface area (Å²) in [7, 11) is -3.62. The van der Waals surface area contributed by atoms with Gasteiger partial charge < -0.3 is 9.80 Å². The van der Waals surface area contributed by atoms with E-state index in [0.29, 0.717) is 5.39 Å². The number of anilines is 1. The minimum absolute atomic E-state index is 0.103. The third-order valence-electron chi connectivity index (χ3n) is 7.20. The number of H-pyrrole nitrogens is 1. The number of sulfone groups is 1. The van der Waals surface area contributed by atoms with Gasteiger partial charge in [-0.2, -0.15) is 5.10 Å². The molecular formula is C32H30N4O2S. The van der Waals surface area contributed by atoms with Gasteiger partial charge in [0, 0.05) is 37.3 Å². The van der Waals surface area contributed by atoms with Crippen LogP contribution in [0.15, 0.2) is 108 Å². The van der Waals surface area contributed by atoms with Gasteiger partial charge in [-0.05, 0) is 52.4 Å². The summed E-state index contributed by atoms with van der Waals surface area (Å²) in [5.41, 5.74) is 3.92. The zero-order valence-electron chi connectivity index (χ0n) is 21.6. The number of nitrogens with zero attached hydrogens (tertiary/aromatic N) is 3. The van der Waals surface area contributed by atoms with E-state index in [9.17, 15) is 8.42 Å². The normalized spacial score (nSPS) is 14.8. The lowest BCUT2D eigenvalue weighted by molar-refractivity contribution is 0.351. The van der Waals surface area contributed by atoms with Crippen LogP contribution >= 0.6 is 0 Å². The van der Waals surface area contributed by atoms with Crippen LogP contribution < -0.4 is 4.90 Å². The molecule has 0 spiro atoms. The second-order valence-corrected chi connectivity index (χ2v) is 11.7. The lowest BCUT2D eigenvalue weighted by atomic mass is 10.0. The molecular weight excluding hydrogens is 504 g/mol.